The SMILES string of the molecule is COc1ccccc1NCC1=CC(C)(C)Nc2ccc(-c3ccc(OC(=O)c4cccs4)cc3OC)cc21. The second kappa shape index (κ2) is 10.6. The van der Waals surface area contributed by atoms with Gasteiger partial charge in [-0.15, -0.1) is 11.3 Å². The number of rotatable bonds is 8. The van der Waals surface area contributed by atoms with Crippen molar-refractivity contribution in [1.29, 1.82) is 0 Å². The smallest absolute Gasteiger partial charge is 0.353 e. The summed E-state index contributed by atoms with van der Waals surface area (Å²) in [5, 5.41) is 9.01. The van der Waals surface area contributed by atoms with Gasteiger partial charge in [-0.1, -0.05) is 30.3 Å². The van der Waals surface area contributed by atoms with Crippen molar-refractivity contribution in [2.24, 2.45) is 0 Å². The van der Waals surface area contributed by atoms with Crippen molar-refractivity contribution >= 4 is 34.3 Å². The van der Waals surface area contributed by atoms with Crippen LogP contribution < -0.4 is 24.8 Å². The van der Waals surface area contributed by atoms with E-state index in [9.17, 15) is 4.79 Å². The predicted molar refractivity (Wildman–Crippen MR) is 155 cm³/mol. The van der Waals surface area contributed by atoms with Gasteiger partial charge in [-0.05, 0) is 72.8 Å². The molecule has 0 spiro atoms. The van der Waals surface area contributed by atoms with Crippen LogP contribution in [0.25, 0.3) is 16.7 Å². The van der Waals surface area contributed by atoms with Gasteiger partial charge < -0.3 is 24.8 Å². The van der Waals surface area contributed by atoms with E-state index in [0.29, 0.717) is 22.9 Å². The first-order chi connectivity index (χ1) is 18.4. The largest absolute Gasteiger partial charge is 0.496 e. The van der Waals surface area contributed by atoms with Crippen molar-refractivity contribution in [3.63, 3.8) is 0 Å². The summed E-state index contributed by atoms with van der Waals surface area (Å²) < 4.78 is 16.8. The molecule has 0 unspecified atom stereocenters. The molecule has 194 valence electrons. The number of carbonyl (C=O) groups is 1. The van der Waals surface area contributed by atoms with Gasteiger partial charge in [0.2, 0.25) is 0 Å². The van der Waals surface area contributed by atoms with Crippen LogP contribution in [0, 0.1) is 0 Å². The molecule has 1 aliphatic heterocycles. The lowest BCUT2D eigenvalue weighted by Crippen LogP contribution is -2.32. The van der Waals surface area contributed by atoms with Crippen molar-refractivity contribution in [2.75, 3.05) is 31.4 Å². The molecule has 0 radical (unpaired) electrons. The normalized spacial score (nSPS) is 13.5. The minimum atomic E-state index is -0.380. The zero-order valence-corrected chi connectivity index (χ0v) is 22.6. The van der Waals surface area contributed by atoms with Crippen molar-refractivity contribution in [3.05, 3.63) is 94.7 Å². The van der Waals surface area contributed by atoms with Crippen LogP contribution in [0.4, 0.5) is 11.4 Å². The number of benzene rings is 3. The van der Waals surface area contributed by atoms with Gasteiger partial charge in [0, 0.05) is 29.4 Å². The van der Waals surface area contributed by atoms with Crippen LogP contribution in [0.2, 0.25) is 0 Å². The van der Waals surface area contributed by atoms with E-state index in [0.717, 1.165) is 33.8 Å². The molecular weight excluding hydrogens is 496 g/mol. The number of methoxy groups -OCH3 is 2. The molecule has 6 nitrogen and oxygen atoms in total. The van der Waals surface area contributed by atoms with E-state index in [1.54, 1.807) is 32.4 Å². The first-order valence-corrected chi connectivity index (χ1v) is 13.2. The Bertz CT molecular complexity index is 1490. The number of fused-ring (bicyclic) bond motifs is 1. The van der Waals surface area contributed by atoms with Gasteiger partial charge in [0.05, 0.1) is 25.4 Å². The molecule has 0 fully saturated rings. The molecule has 0 atom stereocenters. The topological polar surface area (TPSA) is 68.8 Å². The number of nitrogens with one attached hydrogen (secondary N) is 2. The molecule has 38 heavy (non-hydrogen) atoms. The number of carbonyl (C=O) groups excluding carboxylic acids is 1. The minimum Gasteiger partial charge on any atom is -0.496 e. The van der Waals surface area contributed by atoms with E-state index in [4.69, 9.17) is 14.2 Å². The third-order valence-electron chi connectivity index (χ3n) is 6.35. The summed E-state index contributed by atoms with van der Waals surface area (Å²) in [6.45, 7) is 4.95. The number of para-hydroxylation sites is 2. The maximum atomic E-state index is 12.4. The predicted octanol–water partition coefficient (Wildman–Crippen LogP) is 7.35. The summed E-state index contributed by atoms with van der Waals surface area (Å²) in [5.41, 5.74) is 6.02. The summed E-state index contributed by atoms with van der Waals surface area (Å²) in [5.74, 6) is 1.49. The van der Waals surface area contributed by atoms with Crippen LogP contribution in [0.15, 0.2) is 84.3 Å². The maximum Gasteiger partial charge on any atom is 0.353 e. The quantitative estimate of drug-likeness (QED) is 0.185. The number of thiophene rings is 1. The molecule has 0 saturated heterocycles. The molecule has 1 aliphatic rings. The van der Waals surface area contributed by atoms with Gasteiger partial charge >= 0.3 is 5.97 Å². The van der Waals surface area contributed by atoms with E-state index >= 15 is 0 Å². The van der Waals surface area contributed by atoms with Crippen molar-refractivity contribution in [2.45, 2.75) is 19.4 Å². The Morgan fingerprint density at radius 2 is 1.74 bits per heavy atom. The molecule has 4 aromatic rings. The average molecular weight is 527 g/mol. The van der Waals surface area contributed by atoms with Crippen LogP contribution in [0.1, 0.15) is 29.1 Å². The highest BCUT2D eigenvalue weighted by Crippen LogP contribution is 2.40. The number of anilines is 2. The lowest BCUT2D eigenvalue weighted by Gasteiger charge is -2.33. The highest BCUT2D eigenvalue weighted by molar-refractivity contribution is 7.12. The Hall–Kier alpha value is -4.23. The summed E-state index contributed by atoms with van der Waals surface area (Å²) in [6, 6.07) is 23.3. The van der Waals surface area contributed by atoms with Gasteiger partial charge in [0.25, 0.3) is 0 Å². The number of hydrogen-bond acceptors (Lipinski definition) is 7. The molecule has 2 heterocycles. The molecule has 2 N–H and O–H groups in total. The van der Waals surface area contributed by atoms with Gasteiger partial charge in [-0.25, -0.2) is 4.79 Å². The fraction of sp³-hybridized carbons (Fsp3) is 0.194. The molecule has 7 heteroatoms. The molecule has 0 saturated carbocycles. The van der Waals surface area contributed by atoms with Gasteiger partial charge in [0.15, 0.2) is 0 Å². The van der Waals surface area contributed by atoms with Gasteiger partial charge in [-0.2, -0.15) is 0 Å². The van der Waals surface area contributed by atoms with E-state index in [2.05, 4.69) is 48.8 Å². The van der Waals surface area contributed by atoms with Crippen LogP contribution in [-0.4, -0.2) is 32.3 Å². The Balaban J connectivity index is 1.44. The van der Waals surface area contributed by atoms with Crippen LogP contribution >= 0.6 is 11.3 Å². The van der Waals surface area contributed by atoms with E-state index in [1.807, 2.05) is 41.8 Å². The van der Waals surface area contributed by atoms with Crippen LogP contribution in [0.3, 0.4) is 0 Å². The van der Waals surface area contributed by atoms with E-state index < -0.39 is 0 Å². The molecule has 0 aliphatic carbocycles. The molecule has 1 aromatic heterocycles. The second-order valence-corrected chi connectivity index (χ2v) is 10.5. The van der Waals surface area contributed by atoms with Crippen LogP contribution in [-0.2, 0) is 0 Å². The van der Waals surface area contributed by atoms with Gasteiger partial charge in [0.1, 0.15) is 22.1 Å². The summed E-state index contributed by atoms with van der Waals surface area (Å²) in [6.07, 6.45) is 2.26. The molecular formula is C31H30N2O4S. The van der Waals surface area contributed by atoms with Crippen molar-refractivity contribution in [3.8, 4) is 28.4 Å². The molecule has 0 amide bonds. The van der Waals surface area contributed by atoms with Crippen molar-refractivity contribution < 1.29 is 19.0 Å². The lowest BCUT2D eigenvalue weighted by molar-refractivity contribution is 0.0739. The molecule has 3 aromatic carbocycles. The Morgan fingerprint density at radius 3 is 2.50 bits per heavy atom. The fourth-order valence-electron chi connectivity index (χ4n) is 4.64. The van der Waals surface area contributed by atoms with Crippen molar-refractivity contribution in [1.82, 2.24) is 0 Å². The zero-order chi connectivity index (χ0) is 26.7. The number of esters is 1. The van der Waals surface area contributed by atoms with Crippen LogP contribution in [0.5, 0.6) is 17.2 Å². The minimum absolute atomic E-state index is 0.196. The first-order valence-electron chi connectivity index (χ1n) is 12.3. The fourth-order valence-corrected chi connectivity index (χ4v) is 5.23. The van der Waals surface area contributed by atoms with E-state index in [1.165, 1.54) is 16.9 Å². The second-order valence-electron chi connectivity index (χ2n) is 9.56. The Morgan fingerprint density at radius 1 is 0.921 bits per heavy atom. The third kappa shape index (κ3) is 5.38. The summed E-state index contributed by atoms with van der Waals surface area (Å²) >= 11 is 1.35. The highest BCUT2D eigenvalue weighted by atomic mass is 32.1. The zero-order valence-electron chi connectivity index (χ0n) is 21.8. The standard InChI is InChI=1S/C31H30N2O4S/c1-31(2)18-21(19-32-26-8-5-6-9-27(26)35-3)24-16-20(11-14-25(24)33-31)23-13-12-22(17-28(23)36-4)37-30(34)29-10-7-15-38-29/h5-18,32-33H,19H2,1-4H3. The summed E-state index contributed by atoms with van der Waals surface area (Å²) in [4.78, 5) is 13.0. The molecule has 5 rings (SSSR count). The maximum absolute atomic E-state index is 12.4. The average Bonchev–Trinajstić information content (AvgIpc) is 3.46. The Kier molecular flexibility index (Phi) is 7.11. The third-order valence-corrected chi connectivity index (χ3v) is 7.20. The molecule has 0 bridgehead atoms. The lowest BCUT2D eigenvalue weighted by atomic mass is 9.88. The Labute approximate surface area is 226 Å². The highest BCUT2D eigenvalue weighted by Gasteiger charge is 2.25. The first kappa shape index (κ1) is 25.4. The van der Waals surface area contributed by atoms with E-state index in [-0.39, 0.29) is 11.5 Å². The van der Waals surface area contributed by atoms with Gasteiger partial charge in [-0.3, -0.25) is 0 Å². The number of ether oxygens (including phenoxy) is 3. The number of hydrogen-bond donors (Lipinski definition) is 2. The summed E-state index contributed by atoms with van der Waals surface area (Å²) in [7, 11) is 3.30. The monoisotopic (exact) mass is 526 g/mol.